The summed E-state index contributed by atoms with van der Waals surface area (Å²) in [5.74, 6) is 0.833. The van der Waals surface area contributed by atoms with E-state index in [4.69, 9.17) is 4.74 Å². The van der Waals surface area contributed by atoms with Crippen LogP contribution in [0.4, 0.5) is 0 Å². The highest BCUT2D eigenvalue weighted by atomic mass is 35.5. The Labute approximate surface area is 264 Å². The molecule has 2 atom stereocenters. The molecule has 3 aromatic carbocycles. The molecule has 2 unspecified atom stereocenters. The van der Waals surface area contributed by atoms with Crippen molar-refractivity contribution in [2.75, 3.05) is 20.1 Å². The number of para-hydroxylation sites is 1. The fourth-order valence-electron chi connectivity index (χ4n) is 5.60. The monoisotopic (exact) mass is 630 g/mol. The van der Waals surface area contributed by atoms with Gasteiger partial charge in [-0.3, -0.25) is 4.79 Å². The van der Waals surface area contributed by atoms with Gasteiger partial charge in [-0.25, -0.2) is 4.98 Å². The zero-order valence-electron chi connectivity index (χ0n) is 23.5. The van der Waals surface area contributed by atoms with Crippen LogP contribution in [0.5, 0.6) is 5.75 Å². The van der Waals surface area contributed by atoms with E-state index in [-0.39, 0.29) is 54.3 Å². The number of nitrogens with zero attached hydrogens (tertiary/aromatic N) is 1. The molecule has 0 amide bonds. The van der Waals surface area contributed by atoms with Crippen molar-refractivity contribution in [3.63, 3.8) is 0 Å². The number of H-pyrrole nitrogens is 2. The number of quaternary nitrogens is 1. The molecule has 0 spiro atoms. The van der Waals surface area contributed by atoms with Gasteiger partial charge in [-0.1, -0.05) is 36.4 Å². The van der Waals surface area contributed by atoms with E-state index < -0.39 is 0 Å². The molecule has 0 aliphatic carbocycles. The zero-order chi connectivity index (χ0) is 25.9. The average molecular weight is 632 g/mol. The van der Waals surface area contributed by atoms with Crippen molar-refractivity contribution >= 4 is 21.7 Å². The van der Waals surface area contributed by atoms with E-state index in [0.29, 0.717) is 6.61 Å². The third-order valence-corrected chi connectivity index (χ3v) is 7.79. The van der Waals surface area contributed by atoms with Gasteiger partial charge in [0.25, 0.3) is 0 Å². The van der Waals surface area contributed by atoms with Gasteiger partial charge in [0.1, 0.15) is 5.75 Å². The molecule has 0 bridgehead atoms. The number of hydrogen-bond donors (Lipinski definition) is 1. The minimum Gasteiger partial charge on any atom is -1.00 e. The smallest absolute Gasteiger partial charge is 0.308 e. The first-order chi connectivity index (χ1) is 18.6. The Morgan fingerprint density at radius 3 is 2.36 bits per heavy atom. The van der Waals surface area contributed by atoms with Crippen molar-refractivity contribution in [3.05, 3.63) is 112 Å². The summed E-state index contributed by atoms with van der Waals surface area (Å²) in [4.78, 5) is 18.4. The summed E-state index contributed by atoms with van der Waals surface area (Å²) in [6.07, 6.45) is 3.90. The van der Waals surface area contributed by atoms with Crippen LogP contribution in [-0.4, -0.2) is 30.3 Å². The molecule has 1 saturated heterocycles. The second kappa shape index (κ2) is 15.9. The first kappa shape index (κ1) is 35.0. The normalized spacial score (nSPS) is 16.2. The lowest BCUT2D eigenvalue weighted by atomic mass is 10.0. The summed E-state index contributed by atoms with van der Waals surface area (Å²) in [6, 6.07) is 28.9. The molecule has 0 radical (unpaired) electrons. The number of likely N-dealkylation sites (tertiary alicyclic amines) is 1. The van der Waals surface area contributed by atoms with Crippen molar-refractivity contribution < 1.29 is 62.4 Å². The molecule has 2 aromatic heterocycles. The predicted octanol–water partition coefficient (Wildman–Crippen LogP) is -6.62. The van der Waals surface area contributed by atoms with Gasteiger partial charge in [0.05, 0.1) is 43.4 Å². The maximum atomic E-state index is 13.4. The Kier molecular flexibility index (Phi) is 13.2. The summed E-state index contributed by atoms with van der Waals surface area (Å²) in [5.41, 5.74) is 4.47. The molecule has 0 saturated carbocycles. The number of hydrogen-bond acceptors (Lipinski definition) is 2. The van der Waals surface area contributed by atoms with Crippen molar-refractivity contribution in [1.29, 1.82) is 0 Å². The van der Waals surface area contributed by atoms with E-state index in [0.717, 1.165) is 65.7 Å². The molecular weight excluding hydrogens is 595 g/mol. The van der Waals surface area contributed by atoms with E-state index in [1.54, 1.807) is 4.90 Å². The van der Waals surface area contributed by atoms with Gasteiger partial charge in [0.2, 0.25) is 16.9 Å². The molecule has 1 fully saturated rings. The Balaban J connectivity index is 0.00000154. The summed E-state index contributed by atoms with van der Waals surface area (Å²) in [7, 11) is 2.24. The van der Waals surface area contributed by atoms with E-state index >= 15 is 0 Å². The summed E-state index contributed by atoms with van der Waals surface area (Å²) in [5, 5.41) is 6.52. The van der Waals surface area contributed by atoms with Crippen LogP contribution >= 0.6 is 0 Å². The Hall–Kier alpha value is -3.20. The van der Waals surface area contributed by atoms with Crippen molar-refractivity contribution in [2.45, 2.75) is 38.3 Å². The van der Waals surface area contributed by atoms with Gasteiger partial charge in [0.15, 0.2) is 6.61 Å². The number of halogens is 3. The maximum absolute atomic E-state index is 13.4. The average Bonchev–Trinajstić information content (AvgIpc) is 3.18. The number of fused-ring (bicyclic) bond motifs is 2. The molecule has 224 valence electrons. The molecule has 1 aliphatic rings. The minimum atomic E-state index is 0. The van der Waals surface area contributed by atoms with Crippen LogP contribution < -0.4 is 62.5 Å². The van der Waals surface area contributed by atoms with Gasteiger partial charge < -0.3 is 52.3 Å². The lowest BCUT2D eigenvalue weighted by Crippen LogP contribution is -3.08. The van der Waals surface area contributed by atoms with E-state index in [9.17, 15) is 4.79 Å². The van der Waals surface area contributed by atoms with Crippen molar-refractivity contribution in [2.24, 2.45) is 0 Å². The summed E-state index contributed by atoms with van der Waals surface area (Å²) < 4.78 is 7.98. The fraction of sp³-hybridized carbons (Fsp3) is 0.281. The molecule has 6 rings (SSSR count). The van der Waals surface area contributed by atoms with Gasteiger partial charge >= 0.3 is 5.56 Å². The number of ether oxygens (including phenoxy) is 1. The molecule has 5 aromatic rings. The van der Waals surface area contributed by atoms with Gasteiger partial charge in [-0.05, 0) is 54.8 Å². The maximum Gasteiger partial charge on any atom is 0.308 e. The van der Waals surface area contributed by atoms with Crippen LogP contribution in [0.2, 0.25) is 0 Å². The van der Waals surface area contributed by atoms with Gasteiger partial charge in [-0.15, -0.1) is 9.78 Å². The highest BCUT2D eigenvalue weighted by Crippen LogP contribution is 2.21. The summed E-state index contributed by atoms with van der Waals surface area (Å²) in [6.45, 7) is 2.73. The molecule has 42 heavy (non-hydrogen) atoms. The largest absolute Gasteiger partial charge is 1.00 e. The topological polar surface area (TPSA) is 95.5 Å². The lowest BCUT2D eigenvalue weighted by molar-refractivity contribution is -0.878. The molecule has 1 aliphatic heterocycles. The number of pyridine rings is 1. The van der Waals surface area contributed by atoms with Crippen LogP contribution in [0.15, 0.2) is 89.7 Å². The van der Waals surface area contributed by atoms with Crippen LogP contribution in [0.3, 0.4) is 0 Å². The van der Waals surface area contributed by atoms with E-state index in [2.05, 4.69) is 59.6 Å². The quantitative estimate of drug-likeness (QED) is 0.202. The third kappa shape index (κ3) is 7.79. The molecule has 10 heteroatoms. The Morgan fingerprint density at radius 1 is 0.857 bits per heavy atom. The SMILES string of the molecule is C[NH+]1CCCC(n2[nH+]c(Cc3ccc(OCc4ccc5ccccc5[nH+]4)cc3)c3ccccc3c2=O)CC1.O.[Cl-].[Cl-].[Cl-]. The highest BCUT2D eigenvalue weighted by molar-refractivity contribution is 5.83. The first-order valence-electron chi connectivity index (χ1n) is 13.6. The number of aromatic nitrogens is 3. The van der Waals surface area contributed by atoms with Crippen molar-refractivity contribution in [1.82, 2.24) is 4.68 Å². The number of aromatic amines is 2. The van der Waals surface area contributed by atoms with Crippen molar-refractivity contribution in [3.8, 4) is 5.75 Å². The van der Waals surface area contributed by atoms with Crippen LogP contribution in [0, 0.1) is 0 Å². The second-order valence-corrected chi connectivity index (χ2v) is 10.5. The second-order valence-electron chi connectivity index (χ2n) is 10.5. The van der Waals surface area contributed by atoms with E-state index in [1.165, 1.54) is 17.5 Å². The van der Waals surface area contributed by atoms with Gasteiger partial charge in [-0.2, -0.15) is 0 Å². The minimum absolute atomic E-state index is 0. The lowest BCUT2D eigenvalue weighted by Gasteiger charge is -2.14. The standard InChI is InChI=1S/C32H32N4O2.3ClH.H2O/c1-35-19-6-8-26(18-20-35)36-32(37)29-10-4-3-9-28(29)31(34-36)21-23-12-16-27(17-13-23)38-22-25-15-14-24-7-2-5-11-30(24)33-25;;;;/h2-5,7,9-17,26H,6,8,18-22H2,1H3;3*1H;1H2. The number of benzene rings is 3. The molecule has 7 nitrogen and oxygen atoms in total. The zero-order valence-corrected chi connectivity index (χ0v) is 25.8. The summed E-state index contributed by atoms with van der Waals surface area (Å²) >= 11 is 0. The predicted molar refractivity (Wildman–Crippen MR) is 152 cm³/mol. The highest BCUT2D eigenvalue weighted by Gasteiger charge is 2.26. The van der Waals surface area contributed by atoms with Crippen LogP contribution in [-0.2, 0) is 13.0 Å². The van der Waals surface area contributed by atoms with Gasteiger partial charge in [0, 0.05) is 23.9 Å². The molecule has 3 heterocycles. The van der Waals surface area contributed by atoms with E-state index in [1.807, 2.05) is 47.1 Å². The van der Waals surface area contributed by atoms with Crippen LogP contribution in [0.1, 0.15) is 42.3 Å². The molecular formula is C32H37Cl3N4O3. The first-order valence-corrected chi connectivity index (χ1v) is 13.6. The fourth-order valence-corrected chi connectivity index (χ4v) is 5.60. The Morgan fingerprint density at radius 2 is 1.57 bits per heavy atom. The number of rotatable bonds is 6. The Bertz CT molecular complexity index is 1650. The molecule has 5 N–H and O–H groups in total. The third-order valence-electron chi connectivity index (χ3n) is 7.79. The van der Waals surface area contributed by atoms with Crippen LogP contribution in [0.25, 0.3) is 21.7 Å². The number of nitrogens with one attached hydrogen (secondary N) is 3.